The minimum absolute atomic E-state index is 0.0982. The first kappa shape index (κ1) is 13.4. The Labute approximate surface area is 125 Å². The number of carboxylic acids is 1. The van der Waals surface area contributed by atoms with Crippen molar-refractivity contribution in [1.29, 1.82) is 0 Å². The maximum Gasteiger partial charge on any atom is 0.352 e. The van der Waals surface area contributed by atoms with Gasteiger partial charge >= 0.3 is 5.97 Å². The molecule has 0 fully saturated rings. The molecule has 1 aromatic heterocycles. The van der Waals surface area contributed by atoms with Crippen molar-refractivity contribution in [3.63, 3.8) is 0 Å². The molecule has 0 unspecified atom stereocenters. The summed E-state index contributed by atoms with van der Waals surface area (Å²) >= 11 is 5.80. The lowest BCUT2D eigenvalue weighted by Gasteiger charge is -2.02. The molecule has 0 aliphatic carbocycles. The van der Waals surface area contributed by atoms with E-state index in [1.165, 1.54) is 6.07 Å². The number of aromatic carboxylic acids is 1. The van der Waals surface area contributed by atoms with E-state index in [9.17, 15) is 9.59 Å². The number of ketones is 1. The van der Waals surface area contributed by atoms with E-state index in [-0.39, 0.29) is 11.5 Å². The number of aromatic amines is 1. The summed E-state index contributed by atoms with van der Waals surface area (Å²) in [5.74, 6) is -1.17. The van der Waals surface area contributed by atoms with E-state index in [0.717, 1.165) is 5.39 Å². The molecule has 0 radical (unpaired) electrons. The average molecular weight is 300 g/mol. The Balaban J connectivity index is 2.02. The first-order valence-corrected chi connectivity index (χ1v) is 6.59. The Kier molecular flexibility index (Phi) is 3.23. The van der Waals surface area contributed by atoms with Crippen molar-refractivity contribution in [3.05, 3.63) is 70.4 Å². The number of H-pyrrole nitrogens is 1. The van der Waals surface area contributed by atoms with Crippen molar-refractivity contribution in [3.8, 4) is 0 Å². The SMILES string of the molecule is O=C(c1ccc(Cl)cc1)c1ccc2cc(C(=O)O)[nH]c2c1. The predicted molar refractivity (Wildman–Crippen MR) is 80.1 cm³/mol. The zero-order chi connectivity index (χ0) is 15.0. The van der Waals surface area contributed by atoms with Crippen LogP contribution in [0.2, 0.25) is 5.02 Å². The summed E-state index contributed by atoms with van der Waals surface area (Å²) < 4.78 is 0. The van der Waals surface area contributed by atoms with Crippen molar-refractivity contribution in [1.82, 2.24) is 4.98 Å². The van der Waals surface area contributed by atoms with E-state index in [0.29, 0.717) is 21.7 Å². The number of nitrogens with one attached hydrogen (secondary N) is 1. The number of hydrogen-bond donors (Lipinski definition) is 2. The third-order valence-corrected chi connectivity index (χ3v) is 3.47. The van der Waals surface area contributed by atoms with Crippen LogP contribution in [0.5, 0.6) is 0 Å². The van der Waals surface area contributed by atoms with Gasteiger partial charge in [-0.25, -0.2) is 4.79 Å². The van der Waals surface area contributed by atoms with E-state index in [2.05, 4.69) is 4.98 Å². The molecule has 0 aliphatic heterocycles. The van der Waals surface area contributed by atoms with Crippen LogP contribution in [0.4, 0.5) is 0 Å². The van der Waals surface area contributed by atoms with Crippen molar-refractivity contribution in [2.24, 2.45) is 0 Å². The summed E-state index contributed by atoms with van der Waals surface area (Å²) in [4.78, 5) is 26.1. The number of carboxylic acid groups (broad SMARTS) is 1. The van der Waals surface area contributed by atoms with Crippen molar-refractivity contribution < 1.29 is 14.7 Å². The topological polar surface area (TPSA) is 70.2 Å². The van der Waals surface area contributed by atoms with Gasteiger partial charge in [-0.05, 0) is 36.4 Å². The number of aromatic nitrogens is 1. The second-order valence-corrected chi connectivity index (χ2v) is 5.06. The number of benzene rings is 2. The number of halogens is 1. The maximum absolute atomic E-state index is 12.4. The third kappa shape index (κ3) is 2.53. The van der Waals surface area contributed by atoms with Crippen molar-refractivity contribution in [2.75, 3.05) is 0 Å². The van der Waals surface area contributed by atoms with Crippen LogP contribution in [0.15, 0.2) is 48.5 Å². The van der Waals surface area contributed by atoms with Crippen LogP contribution in [0.3, 0.4) is 0 Å². The summed E-state index contributed by atoms with van der Waals surface area (Å²) in [5, 5.41) is 10.3. The van der Waals surface area contributed by atoms with E-state index in [1.54, 1.807) is 42.5 Å². The normalized spacial score (nSPS) is 10.7. The van der Waals surface area contributed by atoms with E-state index >= 15 is 0 Å². The predicted octanol–water partition coefficient (Wildman–Crippen LogP) is 3.75. The molecule has 4 nitrogen and oxygen atoms in total. The molecule has 104 valence electrons. The smallest absolute Gasteiger partial charge is 0.352 e. The average Bonchev–Trinajstić information content (AvgIpc) is 2.90. The fourth-order valence-electron chi connectivity index (χ4n) is 2.15. The van der Waals surface area contributed by atoms with Gasteiger partial charge in [-0.15, -0.1) is 0 Å². The van der Waals surface area contributed by atoms with Gasteiger partial charge in [-0.3, -0.25) is 4.79 Å². The molecule has 21 heavy (non-hydrogen) atoms. The first-order valence-electron chi connectivity index (χ1n) is 6.21. The molecule has 3 aromatic rings. The molecule has 5 heteroatoms. The van der Waals surface area contributed by atoms with Gasteiger partial charge in [0.15, 0.2) is 5.78 Å². The summed E-state index contributed by atoms with van der Waals surface area (Å²) in [6.07, 6.45) is 0. The second-order valence-electron chi connectivity index (χ2n) is 4.63. The number of carbonyl (C=O) groups excluding carboxylic acids is 1. The minimum Gasteiger partial charge on any atom is -0.477 e. The number of rotatable bonds is 3. The van der Waals surface area contributed by atoms with Crippen LogP contribution >= 0.6 is 11.6 Å². The molecule has 0 aliphatic rings. The Morgan fingerprint density at radius 2 is 1.62 bits per heavy atom. The van der Waals surface area contributed by atoms with Crippen molar-refractivity contribution in [2.45, 2.75) is 0 Å². The third-order valence-electron chi connectivity index (χ3n) is 3.22. The van der Waals surface area contributed by atoms with Crippen LogP contribution in [-0.4, -0.2) is 21.8 Å². The Hall–Kier alpha value is -2.59. The van der Waals surface area contributed by atoms with Gasteiger partial charge in [0.1, 0.15) is 5.69 Å². The minimum atomic E-state index is -1.03. The highest BCUT2D eigenvalue weighted by Gasteiger charge is 2.12. The van der Waals surface area contributed by atoms with Crippen LogP contribution in [0.1, 0.15) is 26.4 Å². The Bertz CT molecular complexity index is 850. The molecule has 0 bridgehead atoms. The molecular formula is C16H10ClNO3. The highest BCUT2D eigenvalue weighted by Crippen LogP contribution is 2.20. The van der Waals surface area contributed by atoms with Gasteiger partial charge in [-0.2, -0.15) is 0 Å². The summed E-state index contributed by atoms with van der Waals surface area (Å²) in [6, 6.07) is 13.2. The first-order chi connectivity index (χ1) is 10.0. The van der Waals surface area contributed by atoms with Crippen LogP contribution in [0, 0.1) is 0 Å². The number of carbonyl (C=O) groups is 2. The molecule has 2 N–H and O–H groups in total. The van der Waals surface area contributed by atoms with Gasteiger partial charge in [-0.1, -0.05) is 23.7 Å². The number of hydrogen-bond acceptors (Lipinski definition) is 2. The zero-order valence-corrected chi connectivity index (χ0v) is 11.5. The molecule has 0 spiro atoms. The van der Waals surface area contributed by atoms with E-state index in [4.69, 9.17) is 16.7 Å². The van der Waals surface area contributed by atoms with Crippen molar-refractivity contribution >= 4 is 34.3 Å². The quantitative estimate of drug-likeness (QED) is 0.724. The molecule has 0 saturated carbocycles. The Morgan fingerprint density at radius 3 is 2.29 bits per heavy atom. The monoisotopic (exact) mass is 299 g/mol. The lowest BCUT2D eigenvalue weighted by Crippen LogP contribution is -2.00. The van der Waals surface area contributed by atoms with Gasteiger partial charge < -0.3 is 10.1 Å². The summed E-state index contributed by atoms with van der Waals surface area (Å²) in [5.41, 5.74) is 1.74. The standard InChI is InChI=1S/C16H10ClNO3/c17-12-5-3-9(4-6-12)15(19)11-2-1-10-7-14(16(20)21)18-13(10)8-11/h1-8,18H,(H,20,21). The molecule has 0 atom stereocenters. The summed E-state index contributed by atoms with van der Waals surface area (Å²) in [6.45, 7) is 0. The lowest BCUT2D eigenvalue weighted by molar-refractivity contribution is 0.0691. The molecule has 0 saturated heterocycles. The second kappa shape index (κ2) is 5.07. The number of fused-ring (bicyclic) bond motifs is 1. The van der Waals surface area contributed by atoms with Crippen LogP contribution in [-0.2, 0) is 0 Å². The lowest BCUT2D eigenvalue weighted by atomic mass is 10.0. The van der Waals surface area contributed by atoms with Crippen LogP contribution < -0.4 is 0 Å². The van der Waals surface area contributed by atoms with Gasteiger partial charge in [0.25, 0.3) is 0 Å². The molecule has 3 rings (SSSR count). The fraction of sp³-hybridized carbons (Fsp3) is 0. The molecule has 0 amide bonds. The molecule has 1 heterocycles. The maximum atomic E-state index is 12.4. The highest BCUT2D eigenvalue weighted by atomic mass is 35.5. The van der Waals surface area contributed by atoms with Gasteiger partial charge in [0.2, 0.25) is 0 Å². The van der Waals surface area contributed by atoms with Gasteiger partial charge in [0.05, 0.1) is 0 Å². The Morgan fingerprint density at radius 1 is 0.952 bits per heavy atom. The van der Waals surface area contributed by atoms with Gasteiger partial charge in [0, 0.05) is 27.1 Å². The highest BCUT2D eigenvalue weighted by molar-refractivity contribution is 6.30. The van der Waals surface area contributed by atoms with E-state index < -0.39 is 5.97 Å². The molecular weight excluding hydrogens is 290 g/mol. The fourth-order valence-corrected chi connectivity index (χ4v) is 2.28. The summed E-state index contributed by atoms with van der Waals surface area (Å²) in [7, 11) is 0. The van der Waals surface area contributed by atoms with E-state index in [1.807, 2.05) is 0 Å². The van der Waals surface area contributed by atoms with Crippen LogP contribution in [0.25, 0.3) is 10.9 Å². The molecule has 2 aromatic carbocycles. The zero-order valence-electron chi connectivity index (χ0n) is 10.8. The largest absolute Gasteiger partial charge is 0.477 e.